The van der Waals surface area contributed by atoms with Crippen molar-refractivity contribution < 1.29 is 19.4 Å². The summed E-state index contributed by atoms with van der Waals surface area (Å²) in [5.41, 5.74) is -0.587. The van der Waals surface area contributed by atoms with Gasteiger partial charge in [0.2, 0.25) is 5.72 Å². The summed E-state index contributed by atoms with van der Waals surface area (Å²) in [5.74, 6) is 0.139. The fourth-order valence-corrected chi connectivity index (χ4v) is 2.59. The van der Waals surface area contributed by atoms with Crippen LogP contribution in [0.4, 0.5) is 5.69 Å². The Balaban J connectivity index is 2.15. The van der Waals surface area contributed by atoms with E-state index >= 15 is 0 Å². The zero-order valence-corrected chi connectivity index (χ0v) is 11.6. The summed E-state index contributed by atoms with van der Waals surface area (Å²) in [6.07, 6.45) is 1.61. The van der Waals surface area contributed by atoms with Crippen molar-refractivity contribution >= 4 is 23.3 Å². The van der Waals surface area contributed by atoms with Crippen LogP contribution in [-0.2, 0) is 9.53 Å². The molecule has 0 aromatic heterocycles. The quantitative estimate of drug-likeness (QED) is 0.437. The number of aliphatic hydroxyl groups excluding tert-OH is 1. The number of carbonyl (C=O) groups is 1. The third kappa shape index (κ3) is 1.82. The van der Waals surface area contributed by atoms with Crippen molar-refractivity contribution in [1.29, 1.82) is 0 Å². The van der Waals surface area contributed by atoms with Gasteiger partial charge in [0.15, 0.2) is 0 Å². The molecule has 0 amide bonds. The molecule has 6 heteroatoms. The highest BCUT2D eigenvalue weighted by atomic mass is 35.5. The number of hydrogen-bond acceptors (Lipinski definition) is 5. The minimum Gasteiger partial charge on any atom is -0.512 e. The van der Waals surface area contributed by atoms with Gasteiger partial charge in [0.05, 0.1) is 5.69 Å². The zero-order chi connectivity index (χ0) is 14.5. The maximum atomic E-state index is 12.0. The molecule has 0 saturated carbocycles. The van der Waals surface area contributed by atoms with E-state index < -0.39 is 11.7 Å². The lowest BCUT2D eigenvalue weighted by Gasteiger charge is -2.31. The number of cyclic esters (lactones) is 1. The summed E-state index contributed by atoms with van der Waals surface area (Å²) in [5, 5.41) is 13.4. The summed E-state index contributed by atoms with van der Waals surface area (Å²) in [6.45, 7) is 3.05. The normalized spacial score (nSPS) is 26.4. The van der Waals surface area contributed by atoms with Crippen LogP contribution in [0.3, 0.4) is 0 Å². The number of allylic oxidation sites excluding steroid dienone is 2. The maximum Gasteiger partial charge on any atom is 0.349 e. The van der Waals surface area contributed by atoms with E-state index in [-0.39, 0.29) is 11.3 Å². The molecule has 2 aliphatic rings. The lowest BCUT2D eigenvalue weighted by Crippen LogP contribution is -2.47. The minimum absolute atomic E-state index is 0.0235. The van der Waals surface area contributed by atoms with Gasteiger partial charge in [0.1, 0.15) is 22.8 Å². The Kier molecular flexibility index (Phi) is 2.69. The fourth-order valence-electron chi connectivity index (χ4n) is 2.42. The van der Waals surface area contributed by atoms with Crippen LogP contribution in [-0.4, -0.2) is 16.8 Å². The first-order valence-electron chi connectivity index (χ1n) is 6.00. The number of fused-ring (bicyclic) bond motifs is 1. The second-order valence-corrected chi connectivity index (χ2v) is 5.14. The van der Waals surface area contributed by atoms with Crippen molar-refractivity contribution in [3.63, 3.8) is 0 Å². The van der Waals surface area contributed by atoms with Crippen molar-refractivity contribution in [2.75, 3.05) is 5.32 Å². The molecule has 0 fully saturated rings. The Hall–Kier alpha value is -2.14. The van der Waals surface area contributed by atoms with Gasteiger partial charge in [0, 0.05) is 11.1 Å². The maximum absolute atomic E-state index is 12.0. The molecule has 1 unspecified atom stereocenters. The monoisotopic (exact) mass is 293 g/mol. The lowest BCUT2D eigenvalue weighted by molar-refractivity contribution is -0.138. The highest BCUT2D eigenvalue weighted by molar-refractivity contribution is 6.31. The summed E-state index contributed by atoms with van der Waals surface area (Å²) in [7, 11) is 0. The summed E-state index contributed by atoms with van der Waals surface area (Å²) in [4.78, 5) is 12.0. The molecule has 0 saturated heterocycles. The SMILES string of the molecule is CC1=CC2(Nc3cc(Cl)ccc3O2)/C(=C(/C)O)C(=O)O1. The van der Waals surface area contributed by atoms with Gasteiger partial charge >= 0.3 is 5.97 Å². The molecule has 3 rings (SSSR count). The number of anilines is 1. The Morgan fingerprint density at radius 3 is 2.90 bits per heavy atom. The van der Waals surface area contributed by atoms with E-state index in [0.29, 0.717) is 22.2 Å². The number of hydrogen-bond donors (Lipinski definition) is 2. The smallest absolute Gasteiger partial charge is 0.349 e. The van der Waals surface area contributed by atoms with Crippen LogP contribution in [0.5, 0.6) is 5.75 Å². The van der Waals surface area contributed by atoms with Crippen LogP contribution < -0.4 is 10.1 Å². The van der Waals surface area contributed by atoms with Gasteiger partial charge in [-0.2, -0.15) is 0 Å². The predicted octanol–water partition coefficient (Wildman–Crippen LogP) is 3.13. The van der Waals surface area contributed by atoms with Crippen molar-refractivity contribution in [1.82, 2.24) is 0 Å². The minimum atomic E-state index is -1.26. The third-order valence-electron chi connectivity index (χ3n) is 3.13. The molecule has 0 aliphatic carbocycles. The van der Waals surface area contributed by atoms with Crippen molar-refractivity contribution in [3.05, 3.63) is 46.4 Å². The van der Waals surface area contributed by atoms with E-state index in [1.165, 1.54) is 6.92 Å². The van der Waals surface area contributed by atoms with E-state index in [0.717, 1.165) is 0 Å². The second kappa shape index (κ2) is 4.18. The van der Waals surface area contributed by atoms with Gasteiger partial charge in [-0.15, -0.1) is 0 Å². The van der Waals surface area contributed by atoms with E-state index in [1.807, 2.05) is 0 Å². The summed E-state index contributed by atoms with van der Waals surface area (Å²) < 4.78 is 10.9. The molecule has 1 aromatic carbocycles. The molecule has 1 spiro atoms. The van der Waals surface area contributed by atoms with Gasteiger partial charge in [0.25, 0.3) is 0 Å². The third-order valence-corrected chi connectivity index (χ3v) is 3.37. The number of rotatable bonds is 0. The van der Waals surface area contributed by atoms with Gasteiger partial charge in [-0.3, -0.25) is 0 Å². The van der Waals surface area contributed by atoms with E-state index in [4.69, 9.17) is 21.1 Å². The van der Waals surface area contributed by atoms with Gasteiger partial charge in [-0.25, -0.2) is 4.79 Å². The van der Waals surface area contributed by atoms with Crippen LogP contribution in [0.2, 0.25) is 5.02 Å². The van der Waals surface area contributed by atoms with Crippen LogP contribution in [0.15, 0.2) is 41.4 Å². The van der Waals surface area contributed by atoms with Crippen LogP contribution in [0.25, 0.3) is 0 Å². The highest BCUT2D eigenvalue weighted by Gasteiger charge is 2.49. The molecule has 0 radical (unpaired) electrons. The molecule has 104 valence electrons. The summed E-state index contributed by atoms with van der Waals surface area (Å²) >= 11 is 5.94. The Morgan fingerprint density at radius 2 is 2.20 bits per heavy atom. The Bertz CT molecular complexity index is 676. The number of halogens is 1. The van der Waals surface area contributed by atoms with Crippen molar-refractivity contribution in [2.45, 2.75) is 19.6 Å². The van der Waals surface area contributed by atoms with Crippen molar-refractivity contribution in [3.8, 4) is 5.75 Å². The Labute approximate surface area is 120 Å². The zero-order valence-electron chi connectivity index (χ0n) is 10.9. The summed E-state index contributed by atoms with van der Waals surface area (Å²) in [6, 6.07) is 5.08. The molecule has 1 atom stereocenters. The van der Waals surface area contributed by atoms with Crippen molar-refractivity contribution in [2.24, 2.45) is 0 Å². The highest BCUT2D eigenvalue weighted by Crippen LogP contribution is 2.44. The van der Waals surface area contributed by atoms with Gasteiger partial charge < -0.3 is 19.9 Å². The van der Waals surface area contributed by atoms with Crippen LogP contribution in [0.1, 0.15) is 13.8 Å². The second-order valence-electron chi connectivity index (χ2n) is 4.71. The van der Waals surface area contributed by atoms with Gasteiger partial charge in [-0.05, 0) is 32.0 Å². The standard InChI is InChI=1S/C14H12ClNO4/c1-7-6-14(12(8(2)17)13(18)19-7)16-10-5-9(15)3-4-11(10)20-14/h3-6,16-17H,1-2H3/b12-8-. The topological polar surface area (TPSA) is 67.8 Å². The molecule has 1 aromatic rings. The molecular weight excluding hydrogens is 282 g/mol. The number of carbonyl (C=O) groups excluding carboxylic acids is 1. The average Bonchev–Trinajstić information content (AvgIpc) is 2.63. The van der Waals surface area contributed by atoms with E-state index in [9.17, 15) is 9.90 Å². The number of esters is 1. The molecule has 2 N–H and O–H groups in total. The number of ether oxygens (including phenoxy) is 2. The van der Waals surface area contributed by atoms with Gasteiger partial charge in [-0.1, -0.05) is 11.6 Å². The number of benzene rings is 1. The largest absolute Gasteiger partial charge is 0.512 e. The molecular formula is C14H12ClNO4. The van der Waals surface area contributed by atoms with E-state index in [2.05, 4.69) is 5.32 Å². The van der Waals surface area contributed by atoms with E-state index in [1.54, 1.807) is 31.2 Å². The molecule has 0 bridgehead atoms. The first-order valence-corrected chi connectivity index (χ1v) is 6.38. The number of aliphatic hydroxyl groups is 1. The lowest BCUT2D eigenvalue weighted by atomic mass is 9.98. The molecule has 20 heavy (non-hydrogen) atoms. The first kappa shape index (κ1) is 12.9. The molecule has 5 nitrogen and oxygen atoms in total. The molecule has 2 aliphatic heterocycles. The number of nitrogens with one attached hydrogen (secondary N) is 1. The fraction of sp³-hybridized carbons (Fsp3) is 0.214. The average molecular weight is 294 g/mol. The van der Waals surface area contributed by atoms with Crippen LogP contribution in [0, 0.1) is 0 Å². The first-order chi connectivity index (χ1) is 9.41. The predicted molar refractivity (Wildman–Crippen MR) is 73.6 cm³/mol. The Morgan fingerprint density at radius 1 is 1.45 bits per heavy atom. The van der Waals surface area contributed by atoms with Crippen LogP contribution >= 0.6 is 11.6 Å². The molecule has 2 heterocycles.